The van der Waals surface area contributed by atoms with Gasteiger partial charge in [-0.05, 0) is 12.1 Å². The molecule has 0 saturated carbocycles. The van der Waals surface area contributed by atoms with Gasteiger partial charge in [0.05, 0.1) is 11.4 Å². The van der Waals surface area contributed by atoms with Crippen LogP contribution in [0.5, 0.6) is 0 Å². The Labute approximate surface area is 126 Å². The molecule has 0 radical (unpaired) electrons. The van der Waals surface area contributed by atoms with E-state index < -0.39 is 5.82 Å². The standard InChI is InChI=1S/C17H11FN4/c18-13-8-4-7-12(9-13)16-14(10-19)15(21-17(20)22-16)11-5-2-1-3-6-11/h1-9H,(H2,20,21,22). The molecule has 0 spiro atoms. The van der Waals surface area contributed by atoms with Crippen molar-refractivity contribution in [3.63, 3.8) is 0 Å². The highest BCUT2D eigenvalue weighted by atomic mass is 19.1. The maximum Gasteiger partial charge on any atom is 0.221 e. The fourth-order valence-corrected chi connectivity index (χ4v) is 2.23. The summed E-state index contributed by atoms with van der Waals surface area (Å²) < 4.78 is 13.5. The Morgan fingerprint density at radius 2 is 1.55 bits per heavy atom. The van der Waals surface area contributed by atoms with Gasteiger partial charge < -0.3 is 5.73 Å². The summed E-state index contributed by atoms with van der Waals surface area (Å²) in [5.41, 5.74) is 8.05. The minimum absolute atomic E-state index is 0.0390. The quantitative estimate of drug-likeness (QED) is 0.784. The van der Waals surface area contributed by atoms with E-state index in [0.717, 1.165) is 5.56 Å². The molecule has 0 bridgehead atoms. The van der Waals surface area contributed by atoms with Crippen molar-refractivity contribution in [3.05, 3.63) is 66.0 Å². The van der Waals surface area contributed by atoms with Crippen molar-refractivity contribution < 1.29 is 4.39 Å². The predicted molar refractivity (Wildman–Crippen MR) is 82.0 cm³/mol. The van der Waals surface area contributed by atoms with Crippen molar-refractivity contribution in [1.29, 1.82) is 5.26 Å². The highest BCUT2D eigenvalue weighted by Gasteiger charge is 2.16. The molecule has 3 aromatic rings. The first-order chi connectivity index (χ1) is 10.7. The van der Waals surface area contributed by atoms with Gasteiger partial charge in [-0.2, -0.15) is 5.26 Å². The molecule has 3 rings (SSSR count). The number of anilines is 1. The Morgan fingerprint density at radius 1 is 0.909 bits per heavy atom. The Balaban J connectivity index is 2.29. The van der Waals surface area contributed by atoms with E-state index in [1.807, 2.05) is 30.3 Å². The summed E-state index contributed by atoms with van der Waals surface area (Å²) in [4.78, 5) is 8.29. The summed E-state index contributed by atoms with van der Waals surface area (Å²) in [6.07, 6.45) is 0. The van der Waals surface area contributed by atoms with Gasteiger partial charge in [0.25, 0.3) is 0 Å². The molecule has 5 heteroatoms. The van der Waals surface area contributed by atoms with Crippen LogP contribution in [-0.2, 0) is 0 Å². The number of rotatable bonds is 2. The molecule has 4 nitrogen and oxygen atoms in total. The van der Waals surface area contributed by atoms with E-state index in [-0.39, 0.29) is 11.5 Å². The van der Waals surface area contributed by atoms with E-state index in [2.05, 4.69) is 16.0 Å². The van der Waals surface area contributed by atoms with Crippen molar-refractivity contribution in [1.82, 2.24) is 9.97 Å². The molecule has 2 aromatic carbocycles. The zero-order valence-electron chi connectivity index (χ0n) is 11.5. The van der Waals surface area contributed by atoms with Crippen molar-refractivity contribution in [2.24, 2.45) is 0 Å². The van der Waals surface area contributed by atoms with Gasteiger partial charge in [0.2, 0.25) is 5.95 Å². The van der Waals surface area contributed by atoms with Crippen molar-refractivity contribution in [3.8, 4) is 28.6 Å². The van der Waals surface area contributed by atoms with Gasteiger partial charge in [-0.15, -0.1) is 0 Å². The number of halogens is 1. The van der Waals surface area contributed by atoms with Gasteiger partial charge in [-0.1, -0.05) is 42.5 Å². The average Bonchev–Trinajstić information content (AvgIpc) is 2.55. The second-order valence-electron chi connectivity index (χ2n) is 4.64. The number of nitrogen functional groups attached to an aromatic ring is 1. The zero-order valence-corrected chi connectivity index (χ0v) is 11.5. The van der Waals surface area contributed by atoms with E-state index in [1.165, 1.54) is 12.1 Å². The summed E-state index contributed by atoms with van der Waals surface area (Å²) in [5.74, 6) is -0.364. The van der Waals surface area contributed by atoms with Crippen LogP contribution < -0.4 is 5.73 Å². The van der Waals surface area contributed by atoms with Crippen LogP contribution in [-0.4, -0.2) is 9.97 Å². The molecule has 0 saturated heterocycles. The van der Waals surface area contributed by atoms with E-state index in [1.54, 1.807) is 12.1 Å². The zero-order chi connectivity index (χ0) is 15.5. The normalized spacial score (nSPS) is 10.2. The Kier molecular flexibility index (Phi) is 3.50. The lowest BCUT2D eigenvalue weighted by atomic mass is 10.0. The maximum atomic E-state index is 13.5. The third kappa shape index (κ3) is 2.50. The monoisotopic (exact) mass is 290 g/mol. The maximum absolute atomic E-state index is 13.5. The molecule has 0 unspecified atom stereocenters. The summed E-state index contributed by atoms with van der Waals surface area (Å²) in [6, 6.07) is 17.2. The molecule has 0 amide bonds. The number of hydrogen-bond acceptors (Lipinski definition) is 4. The molecule has 0 aliphatic heterocycles. The first-order valence-corrected chi connectivity index (χ1v) is 6.58. The lowest BCUT2D eigenvalue weighted by Crippen LogP contribution is -2.03. The molecule has 0 fully saturated rings. The highest BCUT2D eigenvalue weighted by molar-refractivity contribution is 5.78. The van der Waals surface area contributed by atoms with E-state index in [0.29, 0.717) is 17.0 Å². The Bertz CT molecular complexity index is 870. The number of hydrogen-bond donors (Lipinski definition) is 1. The van der Waals surface area contributed by atoms with Crippen molar-refractivity contribution in [2.45, 2.75) is 0 Å². The molecule has 106 valence electrons. The second-order valence-corrected chi connectivity index (χ2v) is 4.64. The van der Waals surface area contributed by atoms with Crippen LogP contribution in [0.3, 0.4) is 0 Å². The van der Waals surface area contributed by atoms with Gasteiger partial charge >= 0.3 is 0 Å². The number of nitrogens with two attached hydrogens (primary N) is 1. The summed E-state index contributed by atoms with van der Waals surface area (Å²) in [5, 5.41) is 9.52. The number of benzene rings is 2. The average molecular weight is 290 g/mol. The SMILES string of the molecule is N#Cc1c(-c2ccccc2)nc(N)nc1-c1cccc(F)c1. The van der Waals surface area contributed by atoms with Crippen LogP contribution >= 0.6 is 0 Å². The van der Waals surface area contributed by atoms with Crippen LogP contribution in [0.1, 0.15) is 5.56 Å². The number of aromatic nitrogens is 2. The van der Waals surface area contributed by atoms with Crippen LogP contribution in [0.4, 0.5) is 10.3 Å². The molecule has 0 aliphatic rings. The predicted octanol–water partition coefficient (Wildman–Crippen LogP) is 3.40. The molecule has 1 heterocycles. The van der Waals surface area contributed by atoms with Gasteiger partial charge in [0.15, 0.2) is 0 Å². The third-order valence-corrected chi connectivity index (χ3v) is 3.18. The van der Waals surface area contributed by atoms with E-state index in [9.17, 15) is 9.65 Å². The van der Waals surface area contributed by atoms with Crippen LogP contribution in [0.25, 0.3) is 22.5 Å². The fraction of sp³-hybridized carbons (Fsp3) is 0. The summed E-state index contributed by atoms with van der Waals surface area (Å²) >= 11 is 0. The molecule has 0 aliphatic carbocycles. The van der Waals surface area contributed by atoms with Crippen molar-refractivity contribution >= 4 is 5.95 Å². The smallest absolute Gasteiger partial charge is 0.221 e. The minimum atomic E-state index is -0.403. The summed E-state index contributed by atoms with van der Waals surface area (Å²) in [7, 11) is 0. The first-order valence-electron chi connectivity index (χ1n) is 6.58. The van der Waals surface area contributed by atoms with Gasteiger partial charge in [0.1, 0.15) is 17.4 Å². The minimum Gasteiger partial charge on any atom is -0.368 e. The molecule has 22 heavy (non-hydrogen) atoms. The van der Waals surface area contributed by atoms with Crippen LogP contribution in [0, 0.1) is 17.1 Å². The number of nitriles is 1. The largest absolute Gasteiger partial charge is 0.368 e. The first kappa shape index (κ1) is 13.7. The van der Waals surface area contributed by atoms with Crippen LogP contribution in [0.2, 0.25) is 0 Å². The molecule has 2 N–H and O–H groups in total. The summed E-state index contributed by atoms with van der Waals surface area (Å²) in [6.45, 7) is 0. The highest BCUT2D eigenvalue weighted by Crippen LogP contribution is 2.30. The Hall–Kier alpha value is -3.26. The Morgan fingerprint density at radius 3 is 2.18 bits per heavy atom. The van der Waals surface area contributed by atoms with Gasteiger partial charge in [-0.25, -0.2) is 14.4 Å². The van der Waals surface area contributed by atoms with E-state index >= 15 is 0 Å². The van der Waals surface area contributed by atoms with E-state index in [4.69, 9.17) is 5.73 Å². The van der Waals surface area contributed by atoms with Crippen LogP contribution in [0.15, 0.2) is 54.6 Å². The fourth-order valence-electron chi connectivity index (χ4n) is 2.23. The molecular formula is C17H11FN4. The molecule has 1 aromatic heterocycles. The molecular weight excluding hydrogens is 279 g/mol. The molecule has 0 atom stereocenters. The van der Waals surface area contributed by atoms with Crippen molar-refractivity contribution in [2.75, 3.05) is 5.73 Å². The third-order valence-electron chi connectivity index (χ3n) is 3.18. The topological polar surface area (TPSA) is 75.6 Å². The van der Waals surface area contributed by atoms with Gasteiger partial charge in [0, 0.05) is 11.1 Å². The lowest BCUT2D eigenvalue weighted by molar-refractivity contribution is 0.628. The lowest BCUT2D eigenvalue weighted by Gasteiger charge is -2.09. The van der Waals surface area contributed by atoms with Gasteiger partial charge in [-0.3, -0.25) is 0 Å². The second kappa shape index (κ2) is 5.62. The number of nitrogens with zero attached hydrogens (tertiary/aromatic N) is 3.